The molecule has 0 saturated carbocycles. The van der Waals surface area contributed by atoms with Gasteiger partial charge in [0, 0.05) is 3.57 Å². The molecule has 0 fully saturated rings. The van der Waals surface area contributed by atoms with Crippen molar-refractivity contribution in [1.29, 1.82) is 0 Å². The summed E-state index contributed by atoms with van der Waals surface area (Å²) in [6.45, 7) is 3.31. The second-order valence-electron chi connectivity index (χ2n) is 3.38. The molecule has 14 heavy (non-hydrogen) atoms. The summed E-state index contributed by atoms with van der Waals surface area (Å²) >= 11 is 2.06. The maximum absolute atomic E-state index is 13.3. The summed E-state index contributed by atoms with van der Waals surface area (Å²) in [7, 11) is 0. The van der Waals surface area contributed by atoms with Gasteiger partial charge in [0.1, 0.15) is 5.82 Å². The molecular weight excluding hydrogens is 296 g/mol. The van der Waals surface area contributed by atoms with E-state index in [1.54, 1.807) is 19.9 Å². The number of benzene rings is 1. The summed E-state index contributed by atoms with van der Waals surface area (Å²) in [6.07, 6.45) is -0.673. The molecule has 1 rings (SSSR count). The quantitative estimate of drug-likeness (QED) is 0.822. The van der Waals surface area contributed by atoms with Crippen molar-refractivity contribution in [3.8, 4) is 0 Å². The Hall–Kier alpha value is -0.200. The van der Waals surface area contributed by atoms with Crippen molar-refractivity contribution in [1.82, 2.24) is 0 Å². The van der Waals surface area contributed by atoms with Gasteiger partial charge in [0.2, 0.25) is 0 Å². The number of rotatable bonds is 2. The van der Waals surface area contributed by atoms with Crippen LogP contribution >= 0.6 is 22.6 Å². The highest BCUT2D eigenvalue weighted by Crippen LogP contribution is 2.22. The number of hydrogen-bond acceptors (Lipinski definition) is 2. The van der Waals surface area contributed by atoms with Gasteiger partial charge < -0.3 is 10.8 Å². The first-order chi connectivity index (χ1) is 6.43. The zero-order valence-corrected chi connectivity index (χ0v) is 10.2. The Bertz CT molecular complexity index is 318. The molecule has 0 heterocycles. The lowest BCUT2D eigenvalue weighted by atomic mass is 10.0. The van der Waals surface area contributed by atoms with Crippen molar-refractivity contribution in [2.45, 2.75) is 26.0 Å². The van der Waals surface area contributed by atoms with Gasteiger partial charge in [0.15, 0.2) is 0 Å². The zero-order chi connectivity index (χ0) is 10.9. The molecule has 0 radical (unpaired) electrons. The highest BCUT2D eigenvalue weighted by atomic mass is 127. The lowest BCUT2D eigenvalue weighted by Gasteiger charge is -2.16. The van der Waals surface area contributed by atoms with Crippen molar-refractivity contribution in [3.63, 3.8) is 0 Å². The van der Waals surface area contributed by atoms with Crippen molar-refractivity contribution < 1.29 is 9.50 Å². The van der Waals surface area contributed by atoms with E-state index in [1.807, 2.05) is 0 Å². The van der Waals surface area contributed by atoms with Crippen molar-refractivity contribution >= 4 is 22.6 Å². The van der Waals surface area contributed by atoms with E-state index in [4.69, 9.17) is 5.73 Å². The molecule has 3 N–H and O–H groups in total. The molecule has 0 amide bonds. The highest BCUT2D eigenvalue weighted by molar-refractivity contribution is 14.1. The summed E-state index contributed by atoms with van der Waals surface area (Å²) in [5.74, 6) is -0.275. The number of hydrogen-bond donors (Lipinski definition) is 2. The molecule has 0 aliphatic rings. The zero-order valence-electron chi connectivity index (χ0n) is 8.09. The monoisotopic (exact) mass is 309 g/mol. The first-order valence-electron chi connectivity index (χ1n) is 4.32. The normalized spacial score (nSPS) is 15.3. The fraction of sp³-hybridized carbons (Fsp3) is 0.400. The lowest BCUT2D eigenvalue weighted by molar-refractivity contribution is 0.164. The largest absolute Gasteiger partial charge is 0.391 e. The Kier molecular flexibility index (Phi) is 3.86. The van der Waals surface area contributed by atoms with Crippen LogP contribution < -0.4 is 5.73 Å². The van der Waals surface area contributed by atoms with Crippen LogP contribution in [0.1, 0.15) is 24.1 Å². The van der Waals surface area contributed by atoms with Crippen LogP contribution in [0.5, 0.6) is 0 Å². The van der Waals surface area contributed by atoms with Gasteiger partial charge >= 0.3 is 0 Å². The van der Waals surface area contributed by atoms with E-state index in [2.05, 4.69) is 22.6 Å². The van der Waals surface area contributed by atoms with Gasteiger partial charge in [0.05, 0.1) is 12.1 Å². The first-order valence-corrected chi connectivity index (χ1v) is 5.40. The summed E-state index contributed by atoms with van der Waals surface area (Å²) in [4.78, 5) is 0. The molecule has 0 aliphatic carbocycles. The molecule has 2 atom stereocenters. The van der Waals surface area contributed by atoms with E-state index in [1.165, 1.54) is 6.07 Å². The highest BCUT2D eigenvalue weighted by Gasteiger charge is 2.14. The molecule has 2 nitrogen and oxygen atoms in total. The van der Waals surface area contributed by atoms with E-state index in [0.717, 1.165) is 3.57 Å². The maximum Gasteiger partial charge on any atom is 0.127 e. The van der Waals surface area contributed by atoms with Crippen molar-refractivity contribution in [2.75, 3.05) is 0 Å². The van der Waals surface area contributed by atoms with Crippen LogP contribution in [0.4, 0.5) is 4.39 Å². The van der Waals surface area contributed by atoms with E-state index in [9.17, 15) is 9.50 Å². The van der Waals surface area contributed by atoms with Crippen LogP contribution in [0.3, 0.4) is 0 Å². The minimum absolute atomic E-state index is 0.275. The minimum Gasteiger partial charge on any atom is -0.391 e. The predicted octanol–water partition coefficient (Wildman–Crippen LogP) is 2.12. The third-order valence-corrected chi connectivity index (χ3v) is 3.33. The number of halogens is 2. The Morgan fingerprint density at radius 2 is 2.07 bits per heavy atom. The van der Waals surface area contributed by atoms with Gasteiger partial charge in [-0.2, -0.15) is 0 Å². The summed E-state index contributed by atoms with van der Waals surface area (Å²) in [5, 5.41) is 9.28. The standard InChI is InChI=1S/C10H13FINO/c1-5-8(11)3-7(4-9(5)12)10(13)6(2)14/h3-4,6,10,14H,13H2,1-2H3/t6-,10-/m1/s1. The Balaban J connectivity index is 3.12. The average molecular weight is 309 g/mol. The third kappa shape index (κ3) is 2.43. The minimum atomic E-state index is -0.673. The summed E-state index contributed by atoms with van der Waals surface area (Å²) in [5.41, 5.74) is 6.96. The molecule has 0 unspecified atom stereocenters. The maximum atomic E-state index is 13.3. The summed E-state index contributed by atoms with van der Waals surface area (Å²) < 4.78 is 14.1. The molecule has 0 aromatic heterocycles. The molecule has 4 heteroatoms. The molecule has 78 valence electrons. The van der Waals surface area contributed by atoms with Crippen LogP contribution in [-0.2, 0) is 0 Å². The molecule has 0 aliphatic heterocycles. The van der Waals surface area contributed by atoms with E-state index >= 15 is 0 Å². The number of nitrogens with two attached hydrogens (primary N) is 1. The van der Waals surface area contributed by atoms with Gasteiger partial charge in [-0.3, -0.25) is 0 Å². The third-order valence-electron chi connectivity index (χ3n) is 2.21. The van der Waals surface area contributed by atoms with E-state index in [0.29, 0.717) is 11.1 Å². The van der Waals surface area contributed by atoms with Crippen LogP contribution in [0.25, 0.3) is 0 Å². The molecule has 1 aromatic carbocycles. The van der Waals surface area contributed by atoms with Crippen LogP contribution in [0, 0.1) is 16.3 Å². The number of aliphatic hydroxyl groups excluding tert-OH is 1. The van der Waals surface area contributed by atoms with Crippen LogP contribution in [0.2, 0.25) is 0 Å². The molecule has 0 bridgehead atoms. The van der Waals surface area contributed by atoms with E-state index in [-0.39, 0.29) is 5.82 Å². The van der Waals surface area contributed by atoms with Gasteiger partial charge in [0.25, 0.3) is 0 Å². The fourth-order valence-electron chi connectivity index (χ4n) is 1.14. The molecule has 1 aromatic rings. The van der Waals surface area contributed by atoms with Crippen molar-refractivity contribution in [3.05, 3.63) is 32.6 Å². The smallest absolute Gasteiger partial charge is 0.127 e. The number of aliphatic hydroxyl groups is 1. The predicted molar refractivity (Wildman–Crippen MR) is 62.5 cm³/mol. The van der Waals surface area contributed by atoms with Gasteiger partial charge in [-0.05, 0) is 59.7 Å². The Morgan fingerprint density at radius 3 is 2.50 bits per heavy atom. The topological polar surface area (TPSA) is 46.2 Å². The van der Waals surface area contributed by atoms with Crippen LogP contribution in [0.15, 0.2) is 12.1 Å². The molecular formula is C10H13FINO. The first kappa shape index (κ1) is 11.9. The second-order valence-corrected chi connectivity index (χ2v) is 4.54. The summed E-state index contributed by atoms with van der Waals surface area (Å²) in [6, 6.07) is 2.66. The lowest BCUT2D eigenvalue weighted by Crippen LogP contribution is -2.23. The fourth-order valence-corrected chi connectivity index (χ4v) is 1.75. The molecule has 0 spiro atoms. The average Bonchev–Trinajstić information content (AvgIpc) is 2.12. The van der Waals surface area contributed by atoms with Gasteiger partial charge in [-0.15, -0.1) is 0 Å². The second kappa shape index (κ2) is 4.55. The van der Waals surface area contributed by atoms with Crippen LogP contribution in [-0.4, -0.2) is 11.2 Å². The molecule has 0 saturated heterocycles. The van der Waals surface area contributed by atoms with Crippen molar-refractivity contribution in [2.24, 2.45) is 5.73 Å². The van der Waals surface area contributed by atoms with Gasteiger partial charge in [-0.25, -0.2) is 4.39 Å². The van der Waals surface area contributed by atoms with E-state index < -0.39 is 12.1 Å². The van der Waals surface area contributed by atoms with Gasteiger partial charge in [-0.1, -0.05) is 0 Å². The Morgan fingerprint density at radius 1 is 1.50 bits per heavy atom. The SMILES string of the molecule is Cc1c(F)cc([C@H](N)[C@@H](C)O)cc1I. The Labute approximate surface area is 96.5 Å².